The van der Waals surface area contributed by atoms with Gasteiger partial charge in [-0.1, -0.05) is 0 Å². The summed E-state index contributed by atoms with van der Waals surface area (Å²) in [7, 11) is 1.64. The van der Waals surface area contributed by atoms with E-state index >= 15 is 0 Å². The Hall–Kier alpha value is -0.991. The fraction of sp³-hybridized carbons (Fsp3) is 0.632. The Kier molecular flexibility index (Phi) is 0.392. The van der Waals surface area contributed by atoms with Crippen molar-refractivity contribution in [2.45, 2.75) is 47.2 Å². The van der Waals surface area contributed by atoms with Crippen LogP contribution in [-0.4, -0.2) is 19.7 Å². The number of para-hydroxylation sites is 1. The molecule has 10 heterocycles. The Morgan fingerprint density at radius 1 is 1.04 bits per heavy atom. The fourth-order valence-electron chi connectivity index (χ4n) is 18.8. The molecule has 1 aromatic carbocycles. The fourth-order valence-corrected chi connectivity index (χ4v) is 94.7. The number of hydrogen-bond acceptors (Lipinski definition) is 3. The second-order valence-electron chi connectivity index (χ2n) is 12.0. The van der Waals surface area contributed by atoms with Crippen LogP contribution in [0.15, 0.2) is 30.3 Å². The minimum atomic E-state index is -3.66. The molecule has 1 aromatic rings. The molecule has 10 fully saturated rings. The normalized spacial score (nSPS) is 93.8. The molecule has 4 heteroatoms. The van der Waals surface area contributed by atoms with Crippen molar-refractivity contribution in [3.63, 3.8) is 0 Å². The molecule has 120 valence electrons. The molecule has 0 aliphatic carbocycles. The molecule has 10 aliphatic heterocycles. The van der Waals surface area contributed by atoms with Crippen molar-refractivity contribution < 1.29 is 20.8 Å². The van der Waals surface area contributed by atoms with E-state index in [0.717, 1.165) is 50.9 Å². The van der Waals surface area contributed by atoms with E-state index in [4.69, 9.17) is 9.47 Å². The number of hydrogen-bond donors (Lipinski definition) is 0. The average Bonchev–Trinajstić information content (AvgIpc) is 3.54. The first-order chi connectivity index (χ1) is 11.0. The quantitative estimate of drug-likeness (QED) is 0.598. The first-order valence-corrected chi connectivity index (χ1v) is 15.2. The summed E-state index contributed by atoms with van der Waals surface area (Å²) >= 11 is 0. The molecular weight excluding hydrogens is 332 g/mol. The van der Waals surface area contributed by atoms with Crippen LogP contribution in [0, 0.1) is 0 Å². The summed E-state index contributed by atoms with van der Waals surface area (Å²) in [5.74, 6) is 1.28. The first-order valence-electron chi connectivity index (χ1n) is 8.96. The summed E-state index contributed by atoms with van der Waals surface area (Å²) in [4.78, 5) is 21.2. The van der Waals surface area contributed by atoms with Crippen LogP contribution in [0.25, 0.3) is 0 Å². The topological polar surface area (TPSA) is 35.5 Å². The van der Waals surface area contributed by atoms with Gasteiger partial charge in [0.1, 0.15) is 0 Å². The first kappa shape index (κ1) is 9.48. The van der Waals surface area contributed by atoms with Crippen LogP contribution in [0.3, 0.4) is 0 Å². The maximum atomic E-state index is 13.0. The Bertz CT molecular complexity index is 1330. The monoisotopic (exact) mass is 350 g/mol. The van der Waals surface area contributed by atoms with Crippen molar-refractivity contribution >= 4 is 5.97 Å². The number of benzene rings is 1. The van der Waals surface area contributed by atoms with Crippen molar-refractivity contribution in [2.24, 2.45) is 0 Å². The third-order valence-corrected chi connectivity index (χ3v) is 60.1. The molecular formula is C19H18FeO3. The Labute approximate surface area is 124 Å². The van der Waals surface area contributed by atoms with Crippen molar-refractivity contribution in [2.75, 3.05) is 13.7 Å². The molecule has 10 aliphatic rings. The Morgan fingerprint density at radius 2 is 1.65 bits per heavy atom. The van der Waals surface area contributed by atoms with Crippen LogP contribution >= 0.6 is 0 Å². The zero-order chi connectivity index (χ0) is 14.7. The summed E-state index contributed by atoms with van der Waals surface area (Å²) in [6.45, 7) is -2.71. The number of rotatable bonds is 4. The predicted octanol–water partition coefficient (Wildman–Crippen LogP) is 4.37. The zero-order valence-corrected chi connectivity index (χ0v) is 13.9. The van der Waals surface area contributed by atoms with E-state index in [1.165, 1.54) is 0 Å². The molecule has 0 radical (unpaired) electrons. The molecule has 0 saturated carbocycles. The van der Waals surface area contributed by atoms with Gasteiger partial charge >= 0.3 is 124 Å². The van der Waals surface area contributed by atoms with Gasteiger partial charge in [-0.2, -0.15) is 0 Å². The number of esters is 1. The van der Waals surface area contributed by atoms with Crippen molar-refractivity contribution in [1.82, 2.24) is 0 Å². The van der Waals surface area contributed by atoms with E-state index in [9.17, 15) is 4.79 Å². The third-order valence-electron chi connectivity index (χ3n) is 16.8. The van der Waals surface area contributed by atoms with Crippen LogP contribution in [0.5, 0.6) is 5.75 Å². The predicted molar refractivity (Wildman–Crippen MR) is 79.3 cm³/mol. The zero-order valence-electron chi connectivity index (χ0n) is 12.8. The second kappa shape index (κ2) is 0.952. The number of fused-ring (bicyclic) bond motifs is 10. The van der Waals surface area contributed by atoms with Gasteiger partial charge < -0.3 is 0 Å². The summed E-state index contributed by atoms with van der Waals surface area (Å²) in [6.07, 6.45) is 0. The Balaban J connectivity index is 1.23. The molecule has 23 heavy (non-hydrogen) atoms. The van der Waals surface area contributed by atoms with Gasteiger partial charge in [-0.15, -0.1) is 0 Å². The van der Waals surface area contributed by atoms with E-state index in [2.05, 4.69) is 24.3 Å². The third kappa shape index (κ3) is 0.124. The number of carbonyl (C=O) groups excluding carboxylic acids is 1. The molecule has 0 bridgehead atoms. The van der Waals surface area contributed by atoms with Gasteiger partial charge in [0, 0.05) is 0 Å². The molecule has 0 amide bonds. The number of carbonyl (C=O) groups is 1. The van der Waals surface area contributed by atoms with Gasteiger partial charge in [0.2, 0.25) is 0 Å². The summed E-state index contributed by atoms with van der Waals surface area (Å²) in [5, 5.41) is 0. The van der Waals surface area contributed by atoms with E-state index < -0.39 is 6.51 Å². The minimum absolute atomic E-state index is 0.170. The van der Waals surface area contributed by atoms with Crippen molar-refractivity contribution in [3.05, 3.63) is 30.3 Å². The van der Waals surface area contributed by atoms with Crippen LogP contribution in [0.4, 0.5) is 0 Å². The molecule has 11 rings (SSSR count). The maximum absolute atomic E-state index is 13.0. The van der Waals surface area contributed by atoms with Crippen LogP contribution in [0.1, 0.15) is 0 Å². The summed E-state index contributed by atoms with van der Waals surface area (Å²) < 4.78 is 12.5. The SMILES string of the molecule is COC(=O)[C]12[CH]3[CH]4[CH]5[CH]1[Fe]45321678[CH]2[CH]1[CH]6[C]7(COc1ccccc1)[CH]28. The summed E-state index contributed by atoms with van der Waals surface area (Å²) in [6, 6.07) is 10.3. The van der Waals surface area contributed by atoms with Gasteiger partial charge in [-0.05, 0) is 0 Å². The molecule has 8 unspecified atom stereocenters. The Morgan fingerprint density at radius 3 is 2.17 bits per heavy atom. The molecule has 0 N–H and O–H groups in total. The summed E-state index contributed by atoms with van der Waals surface area (Å²) in [5.41, 5.74) is 0. The van der Waals surface area contributed by atoms with Gasteiger partial charge in [-0.3, -0.25) is 0 Å². The molecule has 0 aromatic heterocycles. The van der Waals surface area contributed by atoms with E-state index in [-0.39, 0.29) is 10.3 Å². The second-order valence-corrected chi connectivity index (χ2v) is 35.3. The van der Waals surface area contributed by atoms with Crippen LogP contribution in [-0.2, 0) is 16.0 Å². The van der Waals surface area contributed by atoms with Crippen LogP contribution < -0.4 is 4.74 Å². The average molecular weight is 350 g/mol. The van der Waals surface area contributed by atoms with Gasteiger partial charge in [0.25, 0.3) is 0 Å². The molecule has 1 spiro atoms. The van der Waals surface area contributed by atoms with Gasteiger partial charge in [0.15, 0.2) is 0 Å². The van der Waals surface area contributed by atoms with Gasteiger partial charge in [-0.25, -0.2) is 0 Å². The van der Waals surface area contributed by atoms with E-state index in [1.807, 2.05) is 6.07 Å². The molecule has 8 atom stereocenters. The van der Waals surface area contributed by atoms with Gasteiger partial charge in [0.05, 0.1) is 0 Å². The number of methoxy groups -OCH3 is 1. The van der Waals surface area contributed by atoms with E-state index in [1.54, 1.807) is 7.11 Å². The molecule has 3 nitrogen and oxygen atoms in total. The molecule has 10 saturated heterocycles. The standard InChI is InChI=1S/C12H11O.C7H7O2.Fe/c1-2-8-12(9-3-1)13-10-11-6-4-5-7-11;1-9-7(8)6-4-2-3-5-6;/h1-9H,10H2;2-5H,1H3;. The van der Waals surface area contributed by atoms with Crippen LogP contribution in [0.2, 0.25) is 47.2 Å². The van der Waals surface area contributed by atoms with Crippen molar-refractivity contribution in [1.29, 1.82) is 0 Å². The van der Waals surface area contributed by atoms with Crippen molar-refractivity contribution in [3.8, 4) is 5.75 Å². The van der Waals surface area contributed by atoms with E-state index in [0.29, 0.717) is 4.31 Å². The number of ether oxygens (including phenoxy) is 2.